The smallest absolute Gasteiger partial charge is 0.227 e. The minimum Gasteiger partial charge on any atom is -0.342 e. The molecule has 0 radical (unpaired) electrons. The molecule has 0 aliphatic carbocycles. The summed E-state index contributed by atoms with van der Waals surface area (Å²) in [4.78, 5) is 33.5. The topological polar surface area (TPSA) is 43.9 Å². The summed E-state index contributed by atoms with van der Waals surface area (Å²) < 4.78 is 1.16. The van der Waals surface area contributed by atoms with E-state index in [1.54, 1.807) is 11.3 Å². The average molecular weight is 490 g/mol. The molecule has 1 atom stereocenters. The maximum atomic E-state index is 13.1. The molecule has 2 aromatic rings. The maximum absolute atomic E-state index is 13.1. The number of carbonyl (C=O) groups excluding carboxylic acids is 2. The molecule has 2 saturated heterocycles. The first-order valence-electron chi connectivity index (χ1n) is 10.7. The van der Waals surface area contributed by atoms with Gasteiger partial charge in [0.25, 0.3) is 0 Å². The van der Waals surface area contributed by atoms with E-state index < -0.39 is 0 Å². The molecule has 160 valence electrons. The summed E-state index contributed by atoms with van der Waals surface area (Å²) in [5.74, 6) is 0.301. The standard InChI is InChI=1S/C23H28BrN3O2S/c24-21-9-8-20(30-21)17-25-11-13-26(14-12-25)23(29)19-7-4-10-27(16-19)22(28)15-18-5-2-1-3-6-18/h1-3,5-6,8-9,19H,4,7,10-17H2. The first kappa shape index (κ1) is 21.5. The van der Waals surface area contributed by atoms with Crippen LogP contribution in [0.4, 0.5) is 0 Å². The fraction of sp³-hybridized carbons (Fsp3) is 0.478. The number of thiophene rings is 1. The Bertz CT molecular complexity index is 864. The third-order valence-electron chi connectivity index (χ3n) is 6.01. The van der Waals surface area contributed by atoms with E-state index in [0.717, 1.165) is 61.5 Å². The minimum absolute atomic E-state index is 0.0572. The van der Waals surface area contributed by atoms with Crippen molar-refractivity contribution in [3.63, 3.8) is 0 Å². The predicted molar refractivity (Wildman–Crippen MR) is 123 cm³/mol. The van der Waals surface area contributed by atoms with Gasteiger partial charge in [0, 0.05) is 50.7 Å². The summed E-state index contributed by atoms with van der Waals surface area (Å²) in [6.45, 7) is 5.64. The highest BCUT2D eigenvalue weighted by Crippen LogP contribution is 2.24. The zero-order chi connectivity index (χ0) is 20.9. The molecule has 30 heavy (non-hydrogen) atoms. The van der Waals surface area contributed by atoms with Gasteiger partial charge < -0.3 is 9.80 Å². The van der Waals surface area contributed by atoms with E-state index in [1.165, 1.54) is 4.88 Å². The van der Waals surface area contributed by atoms with Crippen LogP contribution in [0.2, 0.25) is 0 Å². The van der Waals surface area contributed by atoms with Crippen molar-refractivity contribution < 1.29 is 9.59 Å². The second kappa shape index (κ2) is 10.1. The van der Waals surface area contributed by atoms with Crippen LogP contribution in [0.5, 0.6) is 0 Å². The van der Waals surface area contributed by atoms with Gasteiger partial charge in [-0.15, -0.1) is 11.3 Å². The quantitative estimate of drug-likeness (QED) is 0.643. The average Bonchev–Trinajstić information content (AvgIpc) is 3.19. The Morgan fingerprint density at radius 1 is 0.967 bits per heavy atom. The molecule has 5 nitrogen and oxygen atoms in total. The summed E-state index contributed by atoms with van der Waals surface area (Å²) in [5.41, 5.74) is 1.03. The SMILES string of the molecule is O=C(Cc1ccccc1)N1CCCC(C(=O)N2CCN(Cc3ccc(Br)s3)CC2)C1. The largest absolute Gasteiger partial charge is 0.342 e. The molecule has 3 heterocycles. The Hall–Kier alpha value is -1.70. The number of likely N-dealkylation sites (tertiary alicyclic amines) is 1. The fourth-order valence-electron chi connectivity index (χ4n) is 4.33. The lowest BCUT2D eigenvalue weighted by molar-refractivity contribution is -0.142. The normalized spacial score (nSPS) is 20.4. The lowest BCUT2D eigenvalue weighted by Gasteiger charge is -2.39. The number of piperidine rings is 1. The first-order chi connectivity index (χ1) is 14.6. The Labute approximate surface area is 190 Å². The molecule has 0 saturated carbocycles. The summed E-state index contributed by atoms with van der Waals surface area (Å²) in [6.07, 6.45) is 2.21. The van der Waals surface area contributed by atoms with Crippen molar-refractivity contribution in [2.24, 2.45) is 5.92 Å². The van der Waals surface area contributed by atoms with E-state index in [0.29, 0.717) is 13.0 Å². The Morgan fingerprint density at radius 2 is 1.73 bits per heavy atom. The molecular weight excluding hydrogens is 462 g/mol. The van der Waals surface area contributed by atoms with Crippen molar-refractivity contribution in [1.82, 2.24) is 14.7 Å². The third kappa shape index (κ3) is 5.50. The molecule has 0 bridgehead atoms. The first-order valence-corrected chi connectivity index (χ1v) is 12.3. The van der Waals surface area contributed by atoms with Gasteiger partial charge in [0.15, 0.2) is 0 Å². The predicted octanol–water partition coefficient (Wildman–Crippen LogP) is 3.64. The van der Waals surface area contributed by atoms with Gasteiger partial charge in [-0.05, 0) is 46.5 Å². The zero-order valence-electron chi connectivity index (χ0n) is 17.1. The molecule has 2 amide bonds. The number of nitrogens with zero attached hydrogens (tertiary/aromatic N) is 3. The van der Waals surface area contributed by atoms with Crippen LogP contribution in [-0.2, 0) is 22.6 Å². The summed E-state index contributed by atoms with van der Waals surface area (Å²) >= 11 is 5.29. The van der Waals surface area contributed by atoms with Crippen LogP contribution in [0.25, 0.3) is 0 Å². The number of hydrogen-bond acceptors (Lipinski definition) is 4. The van der Waals surface area contributed by atoms with Gasteiger partial charge in [-0.25, -0.2) is 0 Å². The number of rotatable bonds is 5. The lowest BCUT2D eigenvalue weighted by atomic mass is 9.95. The summed E-state index contributed by atoms with van der Waals surface area (Å²) in [5, 5.41) is 0. The molecule has 1 aromatic heterocycles. The number of hydrogen-bond donors (Lipinski definition) is 0. The zero-order valence-corrected chi connectivity index (χ0v) is 19.5. The van der Waals surface area contributed by atoms with Gasteiger partial charge in [0.2, 0.25) is 11.8 Å². The monoisotopic (exact) mass is 489 g/mol. The Morgan fingerprint density at radius 3 is 2.43 bits per heavy atom. The maximum Gasteiger partial charge on any atom is 0.227 e. The Balaban J connectivity index is 1.26. The summed E-state index contributed by atoms with van der Waals surface area (Å²) in [7, 11) is 0. The van der Waals surface area contributed by atoms with Gasteiger partial charge in [0.05, 0.1) is 16.1 Å². The Kier molecular flexibility index (Phi) is 7.23. The van der Waals surface area contributed by atoms with E-state index in [9.17, 15) is 9.59 Å². The molecule has 1 aromatic carbocycles. The van der Waals surface area contributed by atoms with Crippen LogP contribution < -0.4 is 0 Å². The van der Waals surface area contributed by atoms with E-state index in [-0.39, 0.29) is 17.7 Å². The van der Waals surface area contributed by atoms with Crippen LogP contribution in [0.1, 0.15) is 23.3 Å². The molecule has 7 heteroatoms. The van der Waals surface area contributed by atoms with Crippen LogP contribution in [0.15, 0.2) is 46.3 Å². The highest BCUT2D eigenvalue weighted by Gasteiger charge is 2.32. The number of amides is 2. The molecule has 2 aliphatic heterocycles. The van der Waals surface area contributed by atoms with Gasteiger partial charge >= 0.3 is 0 Å². The number of benzene rings is 1. The number of piperazine rings is 1. The molecule has 1 unspecified atom stereocenters. The fourth-order valence-corrected chi connectivity index (χ4v) is 5.85. The molecule has 0 N–H and O–H groups in total. The van der Waals surface area contributed by atoms with E-state index in [1.807, 2.05) is 40.1 Å². The van der Waals surface area contributed by atoms with Crippen molar-refractivity contribution in [2.75, 3.05) is 39.3 Å². The molecule has 0 spiro atoms. The van der Waals surface area contributed by atoms with Crippen LogP contribution in [-0.4, -0.2) is 65.8 Å². The molecule has 2 fully saturated rings. The van der Waals surface area contributed by atoms with Gasteiger partial charge in [-0.2, -0.15) is 0 Å². The van der Waals surface area contributed by atoms with Crippen molar-refractivity contribution >= 4 is 39.1 Å². The summed E-state index contributed by atoms with van der Waals surface area (Å²) in [6, 6.07) is 14.1. The lowest BCUT2D eigenvalue weighted by Crippen LogP contribution is -2.52. The van der Waals surface area contributed by atoms with Crippen molar-refractivity contribution in [3.05, 3.63) is 56.7 Å². The highest BCUT2D eigenvalue weighted by molar-refractivity contribution is 9.11. The van der Waals surface area contributed by atoms with E-state index >= 15 is 0 Å². The minimum atomic E-state index is -0.0572. The second-order valence-electron chi connectivity index (χ2n) is 8.15. The van der Waals surface area contributed by atoms with Crippen LogP contribution >= 0.6 is 27.3 Å². The highest BCUT2D eigenvalue weighted by atomic mass is 79.9. The molecule has 2 aliphatic rings. The van der Waals surface area contributed by atoms with Gasteiger partial charge in [0.1, 0.15) is 0 Å². The van der Waals surface area contributed by atoms with Gasteiger partial charge in [-0.1, -0.05) is 30.3 Å². The molecular formula is C23H28BrN3O2S. The number of carbonyl (C=O) groups is 2. The van der Waals surface area contributed by atoms with Crippen molar-refractivity contribution in [1.29, 1.82) is 0 Å². The molecule has 4 rings (SSSR count). The van der Waals surface area contributed by atoms with E-state index in [2.05, 4.69) is 33.0 Å². The van der Waals surface area contributed by atoms with E-state index in [4.69, 9.17) is 0 Å². The second-order valence-corrected chi connectivity index (χ2v) is 10.7. The third-order valence-corrected chi connectivity index (χ3v) is 7.62. The van der Waals surface area contributed by atoms with Crippen molar-refractivity contribution in [3.8, 4) is 0 Å². The van der Waals surface area contributed by atoms with Gasteiger partial charge in [-0.3, -0.25) is 14.5 Å². The number of halogens is 1. The van der Waals surface area contributed by atoms with Crippen LogP contribution in [0, 0.1) is 5.92 Å². The van der Waals surface area contributed by atoms with Crippen molar-refractivity contribution in [2.45, 2.75) is 25.8 Å². The van der Waals surface area contributed by atoms with Crippen LogP contribution in [0.3, 0.4) is 0 Å².